The van der Waals surface area contributed by atoms with E-state index in [1.165, 1.54) is 6.92 Å². The van der Waals surface area contributed by atoms with Gasteiger partial charge in [0, 0.05) is 0 Å². The Labute approximate surface area is 68.8 Å². The molecule has 1 radical (unpaired) electrons. The fraction of sp³-hybridized carbons (Fsp3) is 0.667. The molecule has 2 atom stereocenters. The Morgan fingerprint density at radius 3 is 2.25 bits per heavy atom. The Morgan fingerprint density at radius 1 is 1.50 bits per heavy atom. The van der Waals surface area contributed by atoms with Gasteiger partial charge < -0.3 is 15.5 Å². The Kier molecular flexibility index (Phi) is 4.24. The van der Waals surface area contributed by atoms with Gasteiger partial charge in [0.15, 0.2) is 12.6 Å². The molecule has 0 rings (SSSR count). The first kappa shape index (κ1) is 10.9. The number of carbonyl (C=O) groups excluding carboxylic acids is 1. The van der Waals surface area contributed by atoms with Crippen molar-refractivity contribution in [2.24, 2.45) is 0 Å². The van der Waals surface area contributed by atoms with Gasteiger partial charge in [0.25, 0.3) is 0 Å². The van der Waals surface area contributed by atoms with Gasteiger partial charge >= 0.3 is 5.97 Å². The average Bonchev–Trinajstić information content (AvgIpc) is 1.98. The molecule has 0 aliphatic heterocycles. The molecule has 6 nitrogen and oxygen atoms in total. The summed E-state index contributed by atoms with van der Waals surface area (Å²) >= 11 is 0. The van der Waals surface area contributed by atoms with Crippen molar-refractivity contribution in [3.63, 3.8) is 0 Å². The topological polar surface area (TPSA) is 107 Å². The van der Waals surface area contributed by atoms with Gasteiger partial charge in [-0.25, -0.2) is 9.90 Å². The van der Waals surface area contributed by atoms with E-state index >= 15 is 0 Å². The highest BCUT2D eigenvalue weighted by Crippen LogP contribution is 1.92. The lowest BCUT2D eigenvalue weighted by atomic mass is 10.2. The Hall–Kier alpha value is -1.14. The smallest absolute Gasteiger partial charge is 0.328 e. The molecule has 12 heavy (non-hydrogen) atoms. The van der Waals surface area contributed by atoms with Crippen LogP contribution in [0.15, 0.2) is 0 Å². The Morgan fingerprint density at radius 2 is 2.00 bits per heavy atom. The molecule has 69 valence electrons. The summed E-state index contributed by atoms with van der Waals surface area (Å²) in [6.07, 6.45) is -1.22. The highest BCUT2D eigenvalue weighted by molar-refractivity contribution is 5.84. The quantitative estimate of drug-likeness (QED) is 0.477. The van der Waals surface area contributed by atoms with Crippen molar-refractivity contribution in [2.45, 2.75) is 19.1 Å². The molecular weight excluding hydrogens is 166 g/mol. The molecule has 0 saturated carbocycles. The molecule has 0 aromatic heterocycles. The van der Waals surface area contributed by atoms with Gasteiger partial charge in [0.1, 0.15) is 0 Å². The summed E-state index contributed by atoms with van der Waals surface area (Å²) in [7, 11) is 0. The van der Waals surface area contributed by atoms with Crippen LogP contribution in [-0.2, 0) is 14.7 Å². The largest absolute Gasteiger partial charge is 0.480 e. The van der Waals surface area contributed by atoms with Crippen molar-refractivity contribution in [2.75, 3.05) is 6.61 Å². The molecule has 0 aromatic carbocycles. The van der Waals surface area contributed by atoms with E-state index in [1.807, 2.05) is 5.32 Å². The minimum absolute atomic E-state index is 0.941. The number of carboxylic acids is 1. The van der Waals surface area contributed by atoms with Gasteiger partial charge in [0.05, 0.1) is 6.10 Å². The third-order valence-corrected chi connectivity index (χ3v) is 1.20. The zero-order chi connectivity index (χ0) is 9.72. The molecule has 0 aliphatic rings. The Balaban J connectivity index is 4.14. The van der Waals surface area contributed by atoms with Crippen molar-refractivity contribution >= 4 is 11.9 Å². The lowest BCUT2D eigenvalue weighted by Crippen LogP contribution is -2.48. The molecule has 0 aliphatic carbocycles. The van der Waals surface area contributed by atoms with Crippen LogP contribution in [0.1, 0.15) is 6.92 Å². The van der Waals surface area contributed by atoms with Gasteiger partial charge in [-0.15, -0.1) is 0 Å². The van der Waals surface area contributed by atoms with Gasteiger partial charge in [-0.1, -0.05) is 0 Å². The molecule has 0 bridgehead atoms. The highest BCUT2D eigenvalue weighted by atomic mass is 16.4. The summed E-state index contributed by atoms with van der Waals surface area (Å²) in [6, 6.07) is -1.41. The maximum Gasteiger partial charge on any atom is 0.328 e. The van der Waals surface area contributed by atoms with Crippen LogP contribution in [0.5, 0.6) is 0 Å². The zero-order valence-corrected chi connectivity index (χ0v) is 6.48. The molecule has 0 heterocycles. The Bertz CT molecular complexity index is 179. The molecule has 2 unspecified atom stereocenters. The predicted molar refractivity (Wildman–Crippen MR) is 36.8 cm³/mol. The number of carboxylic acid groups (broad SMARTS) is 1. The second kappa shape index (κ2) is 4.68. The molecule has 6 heteroatoms. The van der Waals surface area contributed by atoms with Crippen molar-refractivity contribution in [1.29, 1.82) is 0 Å². The van der Waals surface area contributed by atoms with Gasteiger partial charge in [0.2, 0.25) is 5.91 Å². The first-order chi connectivity index (χ1) is 5.49. The van der Waals surface area contributed by atoms with Crippen molar-refractivity contribution in [3.05, 3.63) is 0 Å². The van der Waals surface area contributed by atoms with Crippen molar-refractivity contribution < 1.29 is 24.9 Å². The van der Waals surface area contributed by atoms with Gasteiger partial charge in [-0.05, 0) is 6.92 Å². The van der Waals surface area contributed by atoms with Crippen LogP contribution in [-0.4, -0.2) is 40.8 Å². The summed E-state index contributed by atoms with van der Waals surface area (Å²) < 4.78 is 0. The predicted octanol–water partition coefficient (Wildman–Crippen LogP) is -1.63. The molecule has 1 amide bonds. The van der Waals surface area contributed by atoms with Gasteiger partial charge in [-0.2, -0.15) is 0 Å². The molecular formula is C6H10NO5. The minimum atomic E-state index is -1.41. The molecule has 3 N–H and O–H groups in total. The summed E-state index contributed by atoms with van der Waals surface area (Å²) in [5, 5.41) is 29.0. The number of carbonyl (C=O) groups is 2. The van der Waals surface area contributed by atoms with Crippen molar-refractivity contribution in [1.82, 2.24) is 5.32 Å². The van der Waals surface area contributed by atoms with Crippen LogP contribution in [0.25, 0.3) is 0 Å². The summed E-state index contributed by atoms with van der Waals surface area (Å²) in [4.78, 5) is 20.7. The maximum absolute atomic E-state index is 10.4. The molecule has 0 saturated heterocycles. The number of aliphatic hydroxyl groups excluding tert-OH is 1. The SMILES string of the molecule is CC(O)C(NC(=O)C[O])C(=O)O. The molecule has 0 spiro atoms. The third kappa shape index (κ3) is 3.31. The first-order valence-electron chi connectivity index (χ1n) is 3.27. The van der Waals surface area contributed by atoms with E-state index in [-0.39, 0.29) is 0 Å². The summed E-state index contributed by atoms with van der Waals surface area (Å²) in [6.45, 7) is 0.167. The monoisotopic (exact) mass is 176 g/mol. The normalized spacial score (nSPS) is 14.9. The number of amides is 1. The fourth-order valence-electron chi connectivity index (χ4n) is 0.604. The lowest BCUT2D eigenvalue weighted by molar-refractivity contribution is -0.145. The fourth-order valence-corrected chi connectivity index (χ4v) is 0.604. The van der Waals surface area contributed by atoms with Crippen molar-refractivity contribution in [3.8, 4) is 0 Å². The second-order valence-corrected chi connectivity index (χ2v) is 2.27. The second-order valence-electron chi connectivity index (χ2n) is 2.27. The summed E-state index contributed by atoms with van der Waals surface area (Å²) in [5.41, 5.74) is 0. The highest BCUT2D eigenvalue weighted by Gasteiger charge is 2.24. The van der Waals surface area contributed by atoms with Gasteiger partial charge in [-0.3, -0.25) is 4.79 Å². The van der Waals surface area contributed by atoms with E-state index in [0.717, 1.165) is 0 Å². The van der Waals surface area contributed by atoms with Crippen LogP contribution < -0.4 is 5.32 Å². The number of nitrogens with one attached hydrogen (secondary N) is 1. The number of rotatable bonds is 4. The van der Waals surface area contributed by atoms with E-state index in [9.17, 15) is 14.7 Å². The zero-order valence-electron chi connectivity index (χ0n) is 6.48. The number of hydrogen-bond acceptors (Lipinski definition) is 3. The van der Waals surface area contributed by atoms with E-state index in [1.54, 1.807) is 0 Å². The standard InChI is InChI=1S/C6H10NO5/c1-3(9)5(6(11)12)7-4(10)2-8/h3,5,9H,2H2,1H3,(H,7,10)(H,11,12). The number of aliphatic hydroxyl groups is 1. The maximum atomic E-state index is 10.4. The third-order valence-electron chi connectivity index (χ3n) is 1.20. The van der Waals surface area contributed by atoms with Crippen LogP contribution in [0.4, 0.5) is 0 Å². The van der Waals surface area contributed by atoms with E-state index < -0.39 is 30.6 Å². The van der Waals surface area contributed by atoms with Crippen LogP contribution >= 0.6 is 0 Å². The number of hydrogen-bond donors (Lipinski definition) is 3. The van der Waals surface area contributed by atoms with Crippen LogP contribution in [0.3, 0.4) is 0 Å². The first-order valence-corrected chi connectivity index (χ1v) is 3.27. The lowest BCUT2D eigenvalue weighted by Gasteiger charge is -2.15. The average molecular weight is 176 g/mol. The number of aliphatic carboxylic acids is 1. The molecule has 0 fully saturated rings. The van der Waals surface area contributed by atoms with E-state index in [0.29, 0.717) is 0 Å². The van der Waals surface area contributed by atoms with E-state index in [2.05, 4.69) is 0 Å². The minimum Gasteiger partial charge on any atom is -0.480 e. The molecule has 0 aromatic rings. The van der Waals surface area contributed by atoms with Crippen LogP contribution in [0.2, 0.25) is 0 Å². The van der Waals surface area contributed by atoms with Crippen LogP contribution in [0, 0.1) is 0 Å². The van der Waals surface area contributed by atoms with E-state index in [4.69, 9.17) is 10.2 Å². The summed E-state index contributed by atoms with van der Waals surface area (Å²) in [5.74, 6) is -2.31.